The van der Waals surface area contributed by atoms with Crippen molar-refractivity contribution in [1.82, 2.24) is 9.88 Å². The summed E-state index contributed by atoms with van der Waals surface area (Å²) in [6.07, 6.45) is 4.69. The van der Waals surface area contributed by atoms with Gasteiger partial charge in [0, 0.05) is 36.0 Å². The van der Waals surface area contributed by atoms with Crippen LogP contribution in [0.15, 0.2) is 60.0 Å². The summed E-state index contributed by atoms with van der Waals surface area (Å²) in [5, 5.41) is 5.42. The number of piperidine rings is 1. The predicted octanol–water partition coefficient (Wildman–Crippen LogP) is 4.43. The molecule has 2 aliphatic heterocycles. The van der Waals surface area contributed by atoms with E-state index in [1.54, 1.807) is 11.0 Å². The highest BCUT2D eigenvalue weighted by Crippen LogP contribution is 2.36. The molecule has 168 valence electrons. The fraction of sp³-hybridized carbons (Fsp3) is 0.240. The van der Waals surface area contributed by atoms with E-state index in [9.17, 15) is 9.59 Å². The predicted molar refractivity (Wildman–Crippen MR) is 127 cm³/mol. The second-order valence-corrected chi connectivity index (χ2v) is 8.80. The van der Waals surface area contributed by atoms with Crippen molar-refractivity contribution < 1.29 is 19.1 Å². The molecule has 0 bridgehead atoms. The third kappa shape index (κ3) is 4.90. The molecule has 1 fully saturated rings. The van der Waals surface area contributed by atoms with Crippen molar-refractivity contribution in [2.24, 2.45) is 5.92 Å². The van der Waals surface area contributed by atoms with Gasteiger partial charge in [0.15, 0.2) is 16.6 Å². The Morgan fingerprint density at radius 3 is 2.67 bits per heavy atom. The molecule has 0 aliphatic carbocycles. The van der Waals surface area contributed by atoms with Crippen LogP contribution in [0.5, 0.6) is 11.5 Å². The Kier molecular flexibility index (Phi) is 6.08. The van der Waals surface area contributed by atoms with E-state index in [1.807, 2.05) is 60.0 Å². The normalized spacial score (nSPS) is 15.7. The zero-order chi connectivity index (χ0) is 22.6. The molecule has 5 rings (SSSR count). The molecule has 1 saturated heterocycles. The number of nitrogens with zero attached hydrogens (tertiary/aromatic N) is 2. The van der Waals surface area contributed by atoms with Gasteiger partial charge < -0.3 is 19.7 Å². The van der Waals surface area contributed by atoms with Gasteiger partial charge in [-0.1, -0.05) is 30.3 Å². The Hall–Kier alpha value is -3.65. The summed E-state index contributed by atoms with van der Waals surface area (Å²) < 4.78 is 10.8. The topological polar surface area (TPSA) is 80.8 Å². The van der Waals surface area contributed by atoms with Gasteiger partial charge in [-0.25, -0.2) is 4.98 Å². The van der Waals surface area contributed by atoms with Gasteiger partial charge in [0.25, 0.3) is 0 Å². The lowest BCUT2D eigenvalue weighted by atomic mass is 9.96. The number of likely N-dealkylation sites (tertiary alicyclic amines) is 1. The lowest BCUT2D eigenvalue weighted by Gasteiger charge is -2.30. The molecule has 1 aromatic heterocycles. The van der Waals surface area contributed by atoms with E-state index < -0.39 is 0 Å². The average molecular weight is 462 g/mol. The Bertz CT molecular complexity index is 1180. The molecule has 33 heavy (non-hydrogen) atoms. The van der Waals surface area contributed by atoms with Gasteiger partial charge in [0.05, 0.1) is 5.69 Å². The summed E-state index contributed by atoms with van der Waals surface area (Å²) in [6.45, 7) is 1.36. The second kappa shape index (κ2) is 9.46. The molecular weight excluding hydrogens is 438 g/mol. The van der Waals surface area contributed by atoms with E-state index in [0.29, 0.717) is 36.8 Å². The minimum Gasteiger partial charge on any atom is -0.454 e. The number of thiazole rings is 1. The minimum absolute atomic E-state index is 0.0222. The summed E-state index contributed by atoms with van der Waals surface area (Å²) >= 11 is 1.39. The van der Waals surface area contributed by atoms with Crippen molar-refractivity contribution >= 4 is 34.4 Å². The zero-order valence-corrected chi connectivity index (χ0v) is 18.7. The smallest absolute Gasteiger partial charge is 0.246 e. The van der Waals surface area contributed by atoms with Crippen molar-refractivity contribution in [3.63, 3.8) is 0 Å². The second-order valence-electron chi connectivity index (χ2n) is 7.94. The van der Waals surface area contributed by atoms with E-state index in [1.165, 1.54) is 11.3 Å². The van der Waals surface area contributed by atoms with Crippen LogP contribution in [0.25, 0.3) is 17.3 Å². The van der Waals surface area contributed by atoms with E-state index in [-0.39, 0.29) is 24.5 Å². The molecule has 7 nitrogen and oxygen atoms in total. The quantitative estimate of drug-likeness (QED) is 0.569. The Morgan fingerprint density at radius 1 is 1.06 bits per heavy atom. The van der Waals surface area contributed by atoms with Crippen LogP contribution >= 0.6 is 11.3 Å². The number of nitrogens with one attached hydrogen (secondary N) is 1. The fourth-order valence-corrected chi connectivity index (χ4v) is 4.65. The standard InChI is InChI=1S/C25H23N3O4S/c29-23(9-6-17-4-2-1-3-5-17)28-12-10-18(11-13-28)24(30)27-25-26-20(15-33-25)19-7-8-21-22(14-19)32-16-31-21/h1-9,14-15,18H,10-13,16H2,(H,26,27,30). The Balaban J connectivity index is 1.14. The van der Waals surface area contributed by atoms with Gasteiger partial charge in [0.1, 0.15) is 0 Å². The monoisotopic (exact) mass is 461 g/mol. The van der Waals surface area contributed by atoms with E-state index >= 15 is 0 Å². The first-order valence-electron chi connectivity index (χ1n) is 10.8. The molecule has 2 aliphatic rings. The van der Waals surface area contributed by atoms with Crippen LogP contribution in [0.2, 0.25) is 0 Å². The first kappa shape index (κ1) is 21.2. The molecule has 0 radical (unpaired) electrons. The van der Waals surface area contributed by atoms with Crippen molar-refractivity contribution in [3.8, 4) is 22.8 Å². The number of hydrogen-bond acceptors (Lipinski definition) is 6. The maximum absolute atomic E-state index is 12.8. The Morgan fingerprint density at radius 2 is 1.85 bits per heavy atom. The van der Waals surface area contributed by atoms with Crippen molar-refractivity contribution in [1.29, 1.82) is 0 Å². The van der Waals surface area contributed by atoms with Crippen LogP contribution in [-0.4, -0.2) is 41.6 Å². The summed E-state index contributed by atoms with van der Waals surface area (Å²) in [5.41, 5.74) is 2.68. The van der Waals surface area contributed by atoms with Gasteiger partial charge >= 0.3 is 0 Å². The van der Waals surface area contributed by atoms with Gasteiger partial charge in [0.2, 0.25) is 18.6 Å². The largest absolute Gasteiger partial charge is 0.454 e. The van der Waals surface area contributed by atoms with Crippen LogP contribution in [0.4, 0.5) is 5.13 Å². The molecule has 1 N–H and O–H groups in total. The van der Waals surface area contributed by atoms with Crippen molar-refractivity contribution in [2.45, 2.75) is 12.8 Å². The number of carbonyl (C=O) groups is 2. The van der Waals surface area contributed by atoms with Crippen LogP contribution in [0.1, 0.15) is 18.4 Å². The highest BCUT2D eigenvalue weighted by Gasteiger charge is 2.27. The number of benzene rings is 2. The summed E-state index contributed by atoms with van der Waals surface area (Å²) in [4.78, 5) is 31.6. The van der Waals surface area contributed by atoms with Crippen LogP contribution < -0.4 is 14.8 Å². The van der Waals surface area contributed by atoms with E-state index in [0.717, 1.165) is 22.6 Å². The maximum atomic E-state index is 12.8. The number of amides is 2. The average Bonchev–Trinajstić information content (AvgIpc) is 3.52. The zero-order valence-electron chi connectivity index (χ0n) is 17.9. The first-order chi connectivity index (χ1) is 16.2. The van der Waals surface area contributed by atoms with Crippen LogP contribution in [0.3, 0.4) is 0 Å². The number of anilines is 1. The summed E-state index contributed by atoms with van der Waals surface area (Å²) in [5.74, 6) is 1.22. The number of rotatable bonds is 5. The molecule has 3 aromatic rings. The third-order valence-electron chi connectivity index (χ3n) is 5.80. The number of carbonyl (C=O) groups excluding carboxylic acids is 2. The summed E-state index contributed by atoms with van der Waals surface area (Å²) in [7, 11) is 0. The number of aromatic nitrogens is 1. The van der Waals surface area contributed by atoms with Gasteiger partial charge in [-0.15, -0.1) is 11.3 Å². The highest BCUT2D eigenvalue weighted by molar-refractivity contribution is 7.14. The molecule has 0 spiro atoms. The molecule has 3 heterocycles. The van der Waals surface area contributed by atoms with Crippen LogP contribution in [-0.2, 0) is 9.59 Å². The highest BCUT2D eigenvalue weighted by atomic mass is 32.1. The molecule has 8 heteroatoms. The lowest BCUT2D eigenvalue weighted by Crippen LogP contribution is -2.40. The van der Waals surface area contributed by atoms with E-state index in [4.69, 9.17) is 9.47 Å². The maximum Gasteiger partial charge on any atom is 0.246 e. The van der Waals surface area contributed by atoms with Gasteiger partial charge in [-0.2, -0.15) is 0 Å². The third-order valence-corrected chi connectivity index (χ3v) is 6.56. The number of hydrogen-bond donors (Lipinski definition) is 1. The van der Waals surface area contributed by atoms with Gasteiger partial charge in [-0.05, 0) is 42.7 Å². The Labute approximate surface area is 195 Å². The van der Waals surface area contributed by atoms with Crippen LogP contribution in [0, 0.1) is 5.92 Å². The van der Waals surface area contributed by atoms with Crippen molar-refractivity contribution in [3.05, 3.63) is 65.6 Å². The molecule has 0 saturated carbocycles. The number of fused-ring (bicyclic) bond motifs is 1. The summed E-state index contributed by atoms with van der Waals surface area (Å²) in [6, 6.07) is 15.4. The molecular formula is C25H23N3O4S. The van der Waals surface area contributed by atoms with Gasteiger partial charge in [-0.3, -0.25) is 9.59 Å². The number of ether oxygens (including phenoxy) is 2. The molecule has 2 amide bonds. The first-order valence-corrected chi connectivity index (χ1v) is 11.7. The lowest BCUT2D eigenvalue weighted by molar-refractivity contribution is -0.130. The molecule has 2 aromatic carbocycles. The fourth-order valence-electron chi connectivity index (χ4n) is 3.93. The van der Waals surface area contributed by atoms with E-state index in [2.05, 4.69) is 10.3 Å². The molecule has 0 atom stereocenters. The minimum atomic E-state index is -0.134. The SMILES string of the molecule is O=C(Nc1nc(-c2ccc3c(c2)OCO3)cs1)C1CCN(C(=O)C=Cc2ccccc2)CC1. The van der Waals surface area contributed by atoms with Crippen molar-refractivity contribution in [2.75, 3.05) is 25.2 Å². The molecule has 0 unspecified atom stereocenters.